The number of hydrogen-bond donors (Lipinski definition) is 1. The van der Waals surface area contributed by atoms with E-state index in [-0.39, 0.29) is 35.1 Å². The molecule has 2 unspecified atom stereocenters. The highest BCUT2D eigenvalue weighted by Crippen LogP contribution is 2.54. The van der Waals surface area contributed by atoms with Gasteiger partial charge in [-0.2, -0.15) is 4.79 Å². The molecule has 1 amide bonds. The van der Waals surface area contributed by atoms with Crippen LogP contribution in [0.4, 0.5) is 13.6 Å². The zero-order valence-corrected chi connectivity index (χ0v) is 21.3. The molecule has 2 aromatic carbocycles. The van der Waals surface area contributed by atoms with Crippen molar-refractivity contribution in [2.24, 2.45) is 0 Å². The molecule has 1 saturated carbocycles. The van der Waals surface area contributed by atoms with Crippen LogP contribution in [0.25, 0.3) is 5.57 Å². The van der Waals surface area contributed by atoms with Crippen LogP contribution in [0.3, 0.4) is 0 Å². The van der Waals surface area contributed by atoms with Gasteiger partial charge in [-0.3, -0.25) is 0 Å². The number of benzene rings is 2. The second-order valence-electron chi connectivity index (χ2n) is 10.9. The number of halogens is 2. The normalized spacial score (nSPS) is 30.4. The minimum Gasteiger partial charge on any atom is -0.435 e. The van der Waals surface area contributed by atoms with Gasteiger partial charge in [-0.15, -0.1) is 0 Å². The van der Waals surface area contributed by atoms with Gasteiger partial charge in [-0.1, -0.05) is 36.4 Å². The van der Waals surface area contributed by atoms with Crippen molar-refractivity contribution in [3.8, 4) is 0 Å². The van der Waals surface area contributed by atoms with Crippen molar-refractivity contribution in [2.75, 3.05) is 27.2 Å². The second-order valence-corrected chi connectivity index (χ2v) is 10.9. The van der Waals surface area contributed by atoms with Crippen molar-refractivity contribution < 1.29 is 28.0 Å². The fraction of sp³-hybridized carbons (Fsp3) is 0.448. The Balaban J connectivity index is 1.71. The van der Waals surface area contributed by atoms with E-state index in [2.05, 4.69) is 9.80 Å². The van der Waals surface area contributed by atoms with Crippen LogP contribution in [-0.4, -0.2) is 76.7 Å². The molecule has 4 atom stereocenters. The van der Waals surface area contributed by atoms with Crippen molar-refractivity contribution in [1.29, 1.82) is 0 Å². The summed E-state index contributed by atoms with van der Waals surface area (Å²) in [6, 6.07) is 12.7. The van der Waals surface area contributed by atoms with Crippen molar-refractivity contribution in [1.82, 2.24) is 9.80 Å². The predicted molar refractivity (Wildman–Crippen MR) is 137 cm³/mol. The number of piperidine rings is 1. The lowest BCUT2D eigenvalue weighted by molar-refractivity contribution is -0.940. The third-order valence-electron chi connectivity index (χ3n) is 8.76. The monoisotopic (exact) mass is 510 g/mol. The van der Waals surface area contributed by atoms with E-state index in [4.69, 9.17) is 0 Å². The molecule has 6 nitrogen and oxygen atoms in total. The number of nitrogens with zero attached hydrogens (tertiary/aromatic N) is 3. The van der Waals surface area contributed by atoms with E-state index in [1.807, 2.05) is 50.5 Å². The Morgan fingerprint density at radius 2 is 1.89 bits per heavy atom. The number of hydrogen-bond acceptors (Lipinski definition) is 4. The Bertz CT molecular complexity index is 1220. The fourth-order valence-corrected chi connectivity index (χ4v) is 6.82. The largest absolute Gasteiger partial charge is 0.515 e. The number of aldehydes is 1. The van der Waals surface area contributed by atoms with Gasteiger partial charge < -0.3 is 14.8 Å². The molecule has 2 heterocycles. The summed E-state index contributed by atoms with van der Waals surface area (Å²) < 4.78 is 29.0. The number of carbonyl (C=O) groups is 2. The second kappa shape index (κ2) is 9.74. The molecule has 196 valence electrons. The number of rotatable bonds is 7. The first-order chi connectivity index (χ1) is 17.7. The Morgan fingerprint density at radius 1 is 1.16 bits per heavy atom. The van der Waals surface area contributed by atoms with Gasteiger partial charge >= 0.3 is 6.09 Å². The van der Waals surface area contributed by atoms with E-state index in [1.54, 1.807) is 0 Å². The Morgan fingerprint density at radius 3 is 2.51 bits per heavy atom. The highest BCUT2D eigenvalue weighted by atomic mass is 19.1. The maximum Gasteiger partial charge on any atom is 0.515 e. The van der Waals surface area contributed by atoms with Crippen LogP contribution in [0.2, 0.25) is 0 Å². The Kier molecular flexibility index (Phi) is 6.77. The molecule has 0 spiro atoms. The van der Waals surface area contributed by atoms with Gasteiger partial charge in [0.1, 0.15) is 24.0 Å². The molecular formula is C29H34F2N3O3+. The standard InChI is InChI=1S/C29H33F2N3O3/c1-32(2)23-12-14-34(28(36)37,24-9-10-24)29(18-23,13-15-35)33-19-21(25-17-22(30)8-11-26(25)31)16-27(33)20-6-4-3-5-7-20/h3-8,11,15-17,23-24,27H,9-10,12-14,18-19H2,1-2H3/p+1/t23?,27-,29?,34+/m0/s1. The summed E-state index contributed by atoms with van der Waals surface area (Å²) >= 11 is 0. The van der Waals surface area contributed by atoms with Crippen LogP contribution >= 0.6 is 0 Å². The lowest BCUT2D eigenvalue weighted by atomic mass is 9.82. The average Bonchev–Trinajstić information content (AvgIpc) is 3.63. The molecule has 0 bridgehead atoms. The van der Waals surface area contributed by atoms with Crippen LogP contribution in [0.1, 0.15) is 49.3 Å². The zero-order chi connectivity index (χ0) is 26.4. The van der Waals surface area contributed by atoms with Crippen molar-refractivity contribution in [2.45, 2.75) is 55.9 Å². The SMILES string of the molecule is CN(C)C1CC[N@+](C(=O)O)(C2CC2)C(CC=O)(N2CC(c3cc(F)ccc3F)=C[C@H]2c2ccccc2)C1. The maximum absolute atomic E-state index is 15.0. The summed E-state index contributed by atoms with van der Waals surface area (Å²) in [5.41, 5.74) is 0.641. The average molecular weight is 511 g/mol. The summed E-state index contributed by atoms with van der Waals surface area (Å²) in [6.45, 7) is 0.631. The molecule has 0 aromatic heterocycles. The fourth-order valence-electron chi connectivity index (χ4n) is 6.82. The van der Waals surface area contributed by atoms with Crippen molar-refractivity contribution in [3.63, 3.8) is 0 Å². The van der Waals surface area contributed by atoms with E-state index >= 15 is 0 Å². The third-order valence-corrected chi connectivity index (χ3v) is 8.76. The highest BCUT2D eigenvalue weighted by molar-refractivity contribution is 5.71. The number of amides is 1. The van der Waals surface area contributed by atoms with Gasteiger partial charge in [0.2, 0.25) is 0 Å². The lowest BCUT2D eigenvalue weighted by Crippen LogP contribution is -2.78. The first-order valence-corrected chi connectivity index (χ1v) is 12.9. The van der Waals surface area contributed by atoms with Gasteiger partial charge in [-0.25, -0.2) is 18.2 Å². The molecule has 1 N–H and O–H groups in total. The van der Waals surface area contributed by atoms with Crippen molar-refractivity contribution >= 4 is 18.0 Å². The van der Waals surface area contributed by atoms with E-state index in [0.717, 1.165) is 36.8 Å². The lowest BCUT2D eigenvalue weighted by Gasteiger charge is -2.59. The molecule has 8 heteroatoms. The van der Waals surface area contributed by atoms with Crippen LogP contribution < -0.4 is 0 Å². The predicted octanol–water partition coefficient (Wildman–Crippen LogP) is 5.07. The van der Waals surface area contributed by atoms with E-state index in [0.29, 0.717) is 25.0 Å². The minimum absolute atomic E-state index is 0.0379. The number of likely N-dealkylation sites (tertiary alicyclic amines) is 1. The molecule has 0 radical (unpaired) electrons. The van der Waals surface area contributed by atoms with E-state index in [9.17, 15) is 23.5 Å². The number of carboxylic acid groups (broad SMARTS) is 1. The first-order valence-electron chi connectivity index (χ1n) is 12.9. The summed E-state index contributed by atoms with van der Waals surface area (Å²) in [7, 11) is 3.97. The molecule has 2 fully saturated rings. The maximum atomic E-state index is 15.0. The molecule has 37 heavy (non-hydrogen) atoms. The van der Waals surface area contributed by atoms with Gasteiger partial charge in [0, 0.05) is 43.8 Å². The summed E-state index contributed by atoms with van der Waals surface area (Å²) in [4.78, 5) is 29.9. The first kappa shape index (κ1) is 25.7. The molecule has 2 aromatic rings. The van der Waals surface area contributed by atoms with Gasteiger partial charge in [0.25, 0.3) is 0 Å². The smallest absolute Gasteiger partial charge is 0.435 e. The number of quaternary nitrogens is 1. The van der Waals surface area contributed by atoms with E-state index < -0.39 is 29.4 Å². The number of carbonyl (C=O) groups excluding carboxylic acids is 1. The quantitative estimate of drug-likeness (QED) is 0.416. The highest BCUT2D eigenvalue weighted by Gasteiger charge is 2.69. The minimum atomic E-state index is -1.05. The molecule has 1 aliphatic carbocycles. The van der Waals surface area contributed by atoms with Crippen LogP contribution in [0.15, 0.2) is 54.6 Å². The zero-order valence-electron chi connectivity index (χ0n) is 21.3. The van der Waals surface area contributed by atoms with Crippen LogP contribution in [0.5, 0.6) is 0 Å². The summed E-state index contributed by atoms with van der Waals surface area (Å²) in [5.74, 6) is -1.06. The van der Waals surface area contributed by atoms with Gasteiger partial charge in [-0.05, 0) is 43.4 Å². The molecule has 5 rings (SSSR count). The van der Waals surface area contributed by atoms with Gasteiger partial charge in [0.05, 0.1) is 19.0 Å². The third kappa shape index (κ3) is 4.21. The Labute approximate surface area is 216 Å². The van der Waals surface area contributed by atoms with Crippen molar-refractivity contribution in [3.05, 3.63) is 77.4 Å². The summed E-state index contributed by atoms with van der Waals surface area (Å²) in [5, 5.41) is 10.9. The molecule has 1 saturated heterocycles. The van der Waals surface area contributed by atoms with Crippen LogP contribution in [-0.2, 0) is 4.79 Å². The van der Waals surface area contributed by atoms with Crippen LogP contribution in [0, 0.1) is 11.6 Å². The van der Waals surface area contributed by atoms with Gasteiger partial charge in [0.15, 0.2) is 5.66 Å². The molecule has 3 aliphatic rings. The Hall–Kier alpha value is -2.94. The summed E-state index contributed by atoms with van der Waals surface area (Å²) in [6.07, 6.45) is 4.66. The molecular weight excluding hydrogens is 476 g/mol. The van der Waals surface area contributed by atoms with E-state index in [1.165, 1.54) is 6.07 Å². The molecule has 2 aliphatic heterocycles. The topological polar surface area (TPSA) is 60.9 Å².